The van der Waals surface area contributed by atoms with Gasteiger partial charge in [0.25, 0.3) is 5.95 Å². The molecule has 3 aromatic rings. The Morgan fingerprint density at radius 2 is 1.66 bits per heavy atom. The molecule has 2 aliphatic heterocycles. The van der Waals surface area contributed by atoms with Gasteiger partial charge in [-0.15, -0.1) is 5.12 Å². The molecule has 0 N–H and O–H groups in total. The smallest absolute Gasteiger partial charge is 0.259 e. The van der Waals surface area contributed by atoms with Crippen molar-refractivity contribution in [2.75, 3.05) is 51.4 Å². The predicted molar refractivity (Wildman–Crippen MR) is 143 cm³/mol. The Morgan fingerprint density at radius 1 is 0.974 bits per heavy atom. The van der Waals surface area contributed by atoms with E-state index in [4.69, 9.17) is 0 Å². The lowest BCUT2D eigenvalue weighted by molar-refractivity contribution is 0.148. The Balaban J connectivity index is 1.41. The van der Waals surface area contributed by atoms with Gasteiger partial charge in [0, 0.05) is 57.6 Å². The SMILES string of the molecule is Cc1cnc(N(F)c2ccc(CN3CCN(C)CC3)cc2)nc1-c1ccc(F)cc1S(=O)(=O)N1CCCC1. The van der Waals surface area contributed by atoms with Crippen molar-refractivity contribution in [1.82, 2.24) is 24.1 Å². The first-order valence-electron chi connectivity index (χ1n) is 12.8. The summed E-state index contributed by atoms with van der Waals surface area (Å²) in [5.74, 6) is -0.895. The molecule has 0 aliphatic carbocycles. The van der Waals surface area contributed by atoms with E-state index in [0.717, 1.165) is 57.2 Å². The fourth-order valence-corrected chi connectivity index (χ4v) is 6.61. The summed E-state index contributed by atoms with van der Waals surface area (Å²) in [7, 11) is -1.83. The maximum Gasteiger partial charge on any atom is 0.259 e. The third kappa shape index (κ3) is 5.56. The number of piperazine rings is 1. The molecule has 1 aromatic heterocycles. The van der Waals surface area contributed by atoms with E-state index < -0.39 is 15.8 Å². The van der Waals surface area contributed by atoms with Crippen LogP contribution < -0.4 is 5.12 Å². The number of hydrogen-bond acceptors (Lipinski definition) is 7. The zero-order chi connectivity index (χ0) is 26.9. The van der Waals surface area contributed by atoms with Gasteiger partial charge in [-0.05, 0) is 68.3 Å². The predicted octanol–water partition coefficient (Wildman–Crippen LogP) is 4.15. The second-order valence-corrected chi connectivity index (χ2v) is 11.9. The van der Waals surface area contributed by atoms with Crippen molar-refractivity contribution in [3.8, 4) is 11.3 Å². The lowest BCUT2D eigenvalue weighted by atomic mass is 10.1. The van der Waals surface area contributed by atoms with Crippen molar-refractivity contribution in [1.29, 1.82) is 0 Å². The van der Waals surface area contributed by atoms with E-state index in [1.165, 1.54) is 22.6 Å². The molecule has 38 heavy (non-hydrogen) atoms. The molecule has 0 saturated carbocycles. The fourth-order valence-electron chi connectivity index (χ4n) is 4.88. The highest BCUT2D eigenvalue weighted by molar-refractivity contribution is 7.89. The minimum atomic E-state index is -3.94. The highest BCUT2D eigenvalue weighted by atomic mass is 32.2. The standard InChI is InChI=1S/C27H32F2N6O2S/c1-20-18-30-27(35(29)23-8-5-21(6-9-23)19-33-15-13-32(2)14-16-33)31-26(20)24-10-7-22(28)17-25(24)38(36,37)34-11-3-4-12-34/h5-10,17-18H,3-4,11-16,19H2,1-2H3. The van der Waals surface area contributed by atoms with E-state index in [-0.39, 0.29) is 27.8 Å². The Hall–Kier alpha value is -2.99. The second kappa shape index (κ2) is 11.0. The van der Waals surface area contributed by atoms with Crippen LogP contribution in [0.2, 0.25) is 0 Å². The maximum absolute atomic E-state index is 15.5. The van der Waals surface area contributed by atoms with Gasteiger partial charge in [-0.3, -0.25) is 4.90 Å². The van der Waals surface area contributed by atoms with Crippen LogP contribution >= 0.6 is 0 Å². The number of benzene rings is 2. The van der Waals surface area contributed by atoms with E-state index in [9.17, 15) is 12.8 Å². The summed E-state index contributed by atoms with van der Waals surface area (Å²) in [5, 5.41) is 0.376. The van der Waals surface area contributed by atoms with Crippen LogP contribution in [-0.4, -0.2) is 78.8 Å². The molecule has 0 bridgehead atoms. The van der Waals surface area contributed by atoms with E-state index >= 15 is 4.48 Å². The molecular weight excluding hydrogens is 510 g/mol. The Bertz CT molecular complexity index is 1390. The lowest BCUT2D eigenvalue weighted by Crippen LogP contribution is -2.43. The lowest BCUT2D eigenvalue weighted by Gasteiger charge is -2.32. The summed E-state index contributed by atoms with van der Waals surface area (Å²) in [5.41, 5.74) is 2.35. The van der Waals surface area contributed by atoms with Crippen LogP contribution in [0.4, 0.5) is 20.5 Å². The van der Waals surface area contributed by atoms with Gasteiger partial charge >= 0.3 is 0 Å². The van der Waals surface area contributed by atoms with E-state index in [1.54, 1.807) is 19.1 Å². The molecule has 0 amide bonds. The van der Waals surface area contributed by atoms with Crippen LogP contribution in [0.1, 0.15) is 24.0 Å². The molecule has 202 valence electrons. The van der Waals surface area contributed by atoms with Gasteiger partial charge in [0.05, 0.1) is 16.3 Å². The summed E-state index contributed by atoms with van der Waals surface area (Å²) in [6.07, 6.45) is 2.96. The second-order valence-electron chi connectivity index (χ2n) is 9.98. The van der Waals surface area contributed by atoms with E-state index in [2.05, 4.69) is 26.8 Å². The van der Waals surface area contributed by atoms with Crippen LogP contribution in [-0.2, 0) is 16.6 Å². The van der Waals surface area contributed by atoms with Gasteiger partial charge in [-0.2, -0.15) is 4.31 Å². The number of anilines is 2. The molecule has 11 heteroatoms. The third-order valence-corrected chi connectivity index (χ3v) is 9.12. The molecular formula is C27H32F2N6O2S. The third-order valence-electron chi connectivity index (χ3n) is 7.18. The maximum atomic E-state index is 15.5. The zero-order valence-corrected chi connectivity index (χ0v) is 22.5. The van der Waals surface area contributed by atoms with Gasteiger partial charge in [0.1, 0.15) is 5.82 Å². The minimum absolute atomic E-state index is 0.175. The largest absolute Gasteiger partial charge is 0.304 e. The summed E-state index contributed by atoms with van der Waals surface area (Å²) >= 11 is 0. The molecule has 0 unspecified atom stereocenters. The number of sulfonamides is 1. The molecule has 0 atom stereocenters. The number of aromatic nitrogens is 2. The molecule has 2 saturated heterocycles. The minimum Gasteiger partial charge on any atom is -0.304 e. The number of rotatable bonds is 7. The summed E-state index contributed by atoms with van der Waals surface area (Å²) in [4.78, 5) is 13.0. The molecule has 2 fully saturated rings. The zero-order valence-electron chi connectivity index (χ0n) is 21.6. The molecule has 0 radical (unpaired) electrons. The Kier molecular flexibility index (Phi) is 7.71. The Labute approximate surface area is 222 Å². The van der Waals surface area contributed by atoms with Crippen LogP contribution in [0, 0.1) is 12.7 Å². The molecule has 0 spiro atoms. The highest BCUT2D eigenvalue weighted by Crippen LogP contribution is 2.34. The van der Waals surface area contributed by atoms with Crippen molar-refractivity contribution in [3.05, 3.63) is 65.6 Å². The summed E-state index contributed by atoms with van der Waals surface area (Å²) in [6.45, 7) is 7.31. The Morgan fingerprint density at radius 3 is 2.34 bits per heavy atom. The summed E-state index contributed by atoms with van der Waals surface area (Å²) in [6, 6.07) is 10.7. The van der Waals surface area contributed by atoms with Gasteiger partial charge in [-0.25, -0.2) is 22.8 Å². The van der Waals surface area contributed by atoms with Gasteiger partial charge in [0.15, 0.2) is 0 Å². The average molecular weight is 543 g/mol. The topological polar surface area (TPSA) is 72.9 Å². The van der Waals surface area contributed by atoms with Gasteiger partial charge < -0.3 is 4.90 Å². The monoisotopic (exact) mass is 542 g/mol. The molecule has 5 rings (SSSR count). The van der Waals surface area contributed by atoms with Crippen LogP contribution in [0.15, 0.2) is 53.6 Å². The van der Waals surface area contributed by atoms with Crippen molar-refractivity contribution in [3.63, 3.8) is 0 Å². The number of aryl methyl sites for hydroxylation is 1. The van der Waals surface area contributed by atoms with Gasteiger partial charge in [-0.1, -0.05) is 16.6 Å². The van der Waals surface area contributed by atoms with Crippen LogP contribution in [0.25, 0.3) is 11.3 Å². The van der Waals surface area contributed by atoms with Gasteiger partial charge in [0.2, 0.25) is 10.0 Å². The number of hydrogen-bond donors (Lipinski definition) is 0. The first kappa shape index (κ1) is 26.6. The van der Waals surface area contributed by atoms with Crippen molar-refractivity contribution in [2.45, 2.75) is 31.2 Å². The number of halogens is 2. The number of nitrogens with zero attached hydrogens (tertiary/aromatic N) is 6. The molecule has 8 nitrogen and oxygen atoms in total. The molecule has 2 aliphatic rings. The van der Waals surface area contributed by atoms with E-state index in [1.807, 2.05) is 12.1 Å². The fraction of sp³-hybridized carbons (Fsp3) is 0.407. The summed E-state index contributed by atoms with van der Waals surface area (Å²) < 4.78 is 57.7. The van der Waals surface area contributed by atoms with Crippen molar-refractivity contribution < 1.29 is 17.3 Å². The molecule has 3 heterocycles. The normalized spacial score (nSPS) is 17.7. The van der Waals surface area contributed by atoms with Crippen LogP contribution in [0.5, 0.6) is 0 Å². The number of likely N-dealkylation sites (N-methyl/N-ethyl adjacent to an activating group) is 1. The van der Waals surface area contributed by atoms with Crippen LogP contribution in [0.3, 0.4) is 0 Å². The van der Waals surface area contributed by atoms with Crippen molar-refractivity contribution >= 4 is 21.7 Å². The first-order valence-corrected chi connectivity index (χ1v) is 14.3. The van der Waals surface area contributed by atoms with E-state index in [0.29, 0.717) is 23.8 Å². The highest BCUT2D eigenvalue weighted by Gasteiger charge is 2.31. The average Bonchev–Trinajstić information content (AvgIpc) is 3.47. The molecule has 2 aromatic carbocycles. The quantitative estimate of drug-likeness (QED) is 0.416. The van der Waals surface area contributed by atoms with Crippen molar-refractivity contribution in [2.24, 2.45) is 0 Å². The first-order chi connectivity index (χ1) is 18.2.